The Morgan fingerprint density at radius 1 is 1.17 bits per heavy atom. The smallest absolute Gasteiger partial charge is 0.356 e. The van der Waals surface area contributed by atoms with E-state index in [-0.39, 0.29) is 23.2 Å². The maximum Gasteiger partial charge on any atom is 0.356 e. The molecule has 36 heavy (non-hydrogen) atoms. The highest BCUT2D eigenvalue weighted by molar-refractivity contribution is 5.91. The highest BCUT2D eigenvalue weighted by Gasteiger charge is 2.53. The molecule has 3 aromatic heterocycles. The number of aryl methyl sites for hydroxylation is 1. The zero-order valence-electron chi connectivity index (χ0n) is 20.9. The largest absolute Gasteiger partial charge is 0.464 e. The molecule has 0 aromatic carbocycles. The van der Waals surface area contributed by atoms with Crippen molar-refractivity contribution in [1.29, 1.82) is 0 Å². The number of esters is 1. The quantitative estimate of drug-likeness (QED) is 0.545. The van der Waals surface area contributed by atoms with Gasteiger partial charge in [-0.25, -0.2) is 19.3 Å². The van der Waals surface area contributed by atoms with Gasteiger partial charge in [0.05, 0.1) is 19.0 Å². The molecular formula is C26H31N7O3. The van der Waals surface area contributed by atoms with Crippen LogP contribution < -0.4 is 15.1 Å². The molecule has 6 rings (SSSR count). The molecule has 3 fully saturated rings. The fourth-order valence-corrected chi connectivity index (χ4v) is 5.94. The minimum Gasteiger partial charge on any atom is -0.464 e. The fourth-order valence-electron chi connectivity index (χ4n) is 5.94. The zero-order valence-corrected chi connectivity index (χ0v) is 20.9. The molecule has 1 unspecified atom stereocenters. The Morgan fingerprint density at radius 2 is 1.97 bits per heavy atom. The number of ether oxygens (including phenoxy) is 1. The molecule has 2 saturated heterocycles. The molecule has 1 spiro atoms. The van der Waals surface area contributed by atoms with E-state index in [1.54, 1.807) is 16.8 Å². The highest BCUT2D eigenvalue weighted by Crippen LogP contribution is 2.49. The van der Waals surface area contributed by atoms with Gasteiger partial charge in [0.15, 0.2) is 5.65 Å². The third kappa shape index (κ3) is 3.94. The molecule has 1 atom stereocenters. The predicted octanol–water partition coefficient (Wildman–Crippen LogP) is 2.46. The van der Waals surface area contributed by atoms with E-state index in [1.807, 2.05) is 19.2 Å². The Kier molecular flexibility index (Phi) is 5.35. The van der Waals surface area contributed by atoms with Crippen LogP contribution in [-0.4, -0.2) is 70.8 Å². The maximum atomic E-state index is 12.9. The molecule has 2 aliphatic heterocycles. The van der Waals surface area contributed by atoms with Crippen LogP contribution >= 0.6 is 0 Å². The van der Waals surface area contributed by atoms with Crippen molar-refractivity contribution in [3.63, 3.8) is 0 Å². The molecule has 188 valence electrons. The van der Waals surface area contributed by atoms with Gasteiger partial charge in [-0.15, -0.1) is 5.10 Å². The maximum absolute atomic E-state index is 12.9. The Hall–Kier alpha value is -3.69. The standard InChI is InChI=1S/C26H31N7O3/c1-16-5-7-31(12-16)20-8-17(2)23-29-22(30-33(23)13-20)24(34)28-18-10-26(11-18)14-32(15-26)19-4-6-27-21(9-19)25(35)36-3/h4,6,8-9,13,16,18H,5,7,10-12,14-15H2,1-3H3,(H,28,34). The third-order valence-electron chi connectivity index (χ3n) is 7.84. The molecule has 10 nitrogen and oxygen atoms in total. The topological polar surface area (TPSA) is 105 Å². The number of anilines is 2. The number of pyridine rings is 2. The lowest BCUT2D eigenvalue weighted by Gasteiger charge is -2.59. The summed E-state index contributed by atoms with van der Waals surface area (Å²) in [4.78, 5) is 37.9. The Balaban J connectivity index is 1.06. The number of fused-ring (bicyclic) bond motifs is 1. The predicted molar refractivity (Wildman–Crippen MR) is 134 cm³/mol. The first-order valence-corrected chi connectivity index (χ1v) is 12.5. The van der Waals surface area contributed by atoms with E-state index in [2.05, 4.69) is 43.2 Å². The number of aromatic nitrogens is 4. The van der Waals surface area contributed by atoms with Crippen molar-refractivity contribution in [2.75, 3.05) is 43.1 Å². The summed E-state index contributed by atoms with van der Waals surface area (Å²) in [5.74, 6) is 0.250. The number of carbonyl (C=O) groups is 2. The van der Waals surface area contributed by atoms with Crippen molar-refractivity contribution in [1.82, 2.24) is 24.9 Å². The molecule has 3 aliphatic rings. The van der Waals surface area contributed by atoms with Crippen molar-refractivity contribution in [3.8, 4) is 0 Å². The average molecular weight is 490 g/mol. The van der Waals surface area contributed by atoms with Gasteiger partial charge in [-0.05, 0) is 55.9 Å². The molecule has 0 bridgehead atoms. The number of nitrogens with zero attached hydrogens (tertiary/aromatic N) is 6. The summed E-state index contributed by atoms with van der Waals surface area (Å²) in [5, 5.41) is 7.62. The molecule has 5 heterocycles. The summed E-state index contributed by atoms with van der Waals surface area (Å²) >= 11 is 0. The van der Waals surface area contributed by atoms with Crippen molar-refractivity contribution < 1.29 is 14.3 Å². The van der Waals surface area contributed by atoms with Crippen LogP contribution in [0.3, 0.4) is 0 Å². The van der Waals surface area contributed by atoms with E-state index < -0.39 is 5.97 Å². The Labute approximate surface area is 209 Å². The van der Waals surface area contributed by atoms with Gasteiger partial charge in [0.1, 0.15) is 5.69 Å². The van der Waals surface area contributed by atoms with Crippen molar-refractivity contribution in [3.05, 3.63) is 47.7 Å². The van der Waals surface area contributed by atoms with E-state index in [0.717, 1.165) is 61.6 Å². The van der Waals surface area contributed by atoms with E-state index in [1.165, 1.54) is 13.5 Å². The Bertz CT molecular complexity index is 1340. The van der Waals surface area contributed by atoms with Crippen LogP contribution in [0.25, 0.3) is 5.65 Å². The molecule has 10 heteroatoms. The first kappa shape index (κ1) is 22.8. The van der Waals surface area contributed by atoms with Gasteiger partial charge in [0.2, 0.25) is 5.82 Å². The average Bonchev–Trinajstić information content (AvgIpc) is 3.46. The SMILES string of the molecule is COC(=O)c1cc(N2CC3(CC(NC(=O)c4nc5c(C)cc(N6CCC(C)C6)cn5n4)C3)C2)ccn1. The van der Waals surface area contributed by atoms with Gasteiger partial charge < -0.3 is 19.9 Å². The Morgan fingerprint density at radius 3 is 2.69 bits per heavy atom. The summed E-state index contributed by atoms with van der Waals surface area (Å²) in [7, 11) is 1.35. The van der Waals surface area contributed by atoms with Crippen LogP contribution in [0.1, 0.15) is 52.9 Å². The van der Waals surface area contributed by atoms with Crippen molar-refractivity contribution in [2.24, 2.45) is 11.3 Å². The molecule has 3 aromatic rings. The monoisotopic (exact) mass is 489 g/mol. The van der Waals surface area contributed by atoms with Gasteiger partial charge in [-0.3, -0.25) is 4.79 Å². The normalized spacial score (nSPS) is 20.9. The lowest BCUT2D eigenvalue weighted by Crippen LogP contribution is -2.66. The third-order valence-corrected chi connectivity index (χ3v) is 7.84. The van der Waals surface area contributed by atoms with Crippen LogP contribution in [0.2, 0.25) is 0 Å². The molecule has 1 saturated carbocycles. The van der Waals surface area contributed by atoms with Gasteiger partial charge in [0.25, 0.3) is 5.91 Å². The summed E-state index contributed by atoms with van der Waals surface area (Å²) in [5.41, 5.74) is 4.35. The number of amides is 1. The number of methoxy groups -OCH3 is 1. The van der Waals surface area contributed by atoms with Crippen LogP contribution in [0.15, 0.2) is 30.6 Å². The van der Waals surface area contributed by atoms with E-state index >= 15 is 0 Å². The van der Waals surface area contributed by atoms with Crippen LogP contribution in [0.4, 0.5) is 11.4 Å². The minimum atomic E-state index is -0.434. The lowest BCUT2D eigenvalue weighted by atomic mass is 9.60. The lowest BCUT2D eigenvalue weighted by molar-refractivity contribution is 0.0438. The van der Waals surface area contributed by atoms with E-state index in [4.69, 9.17) is 4.74 Å². The summed E-state index contributed by atoms with van der Waals surface area (Å²) in [6.45, 7) is 8.17. The molecule has 0 radical (unpaired) electrons. The number of hydrogen-bond acceptors (Lipinski definition) is 8. The number of carbonyl (C=O) groups excluding carboxylic acids is 2. The fraction of sp³-hybridized carbons (Fsp3) is 0.500. The molecule has 1 aliphatic carbocycles. The first-order valence-electron chi connectivity index (χ1n) is 12.5. The van der Waals surface area contributed by atoms with Crippen LogP contribution in [0.5, 0.6) is 0 Å². The second-order valence-electron chi connectivity index (χ2n) is 10.8. The summed E-state index contributed by atoms with van der Waals surface area (Å²) in [6, 6.07) is 5.93. The molecule has 1 N–H and O–H groups in total. The minimum absolute atomic E-state index is 0.122. The summed E-state index contributed by atoms with van der Waals surface area (Å²) in [6.07, 6.45) is 6.66. The second kappa shape index (κ2) is 8.46. The number of nitrogens with one attached hydrogen (secondary N) is 1. The first-order chi connectivity index (χ1) is 17.3. The van der Waals surface area contributed by atoms with E-state index in [0.29, 0.717) is 11.6 Å². The molecular weight excluding hydrogens is 458 g/mol. The van der Waals surface area contributed by atoms with Crippen molar-refractivity contribution in [2.45, 2.75) is 39.2 Å². The van der Waals surface area contributed by atoms with Gasteiger partial charge in [-0.1, -0.05) is 6.92 Å². The van der Waals surface area contributed by atoms with Gasteiger partial charge in [0, 0.05) is 49.5 Å². The second-order valence-corrected chi connectivity index (χ2v) is 10.8. The highest BCUT2D eigenvalue weighted by atomic mass is 16.5. The van der Waals surface area contributed by atoms with Gasteiger partial charge >= 0.3 is 5.97 Å². The van der Waals surface area contributed by atoms with Crippen molar-refractivity contribution >= 4 is 28.9 Å². The number of rotatable bonds is 5. The van der Waals surface area contributed by atoms with E-state index in [9.17, 15) is 9.59 Å². The van der Waals surface area contributed by atoms with Gasteiger partial charge in [-0.2, -0.15) is 0 Å². The zero-order chi connectivity index (χ0) is 25.0. The molecule has 1 amide bonds. The summed E-state index contributed by atoms with van der Waals surface area (Å²) < 4.78 is 6.51. The van der Waals surface area contributed by atoms with Crippen LogP contribution in [-0.2, 0) is 4.74 Å². The van der Waals surface area contributed by atoms with Crippen LogP contribution in [0, 0.1) is 18.3 Å². The number of hydrogen-bond donors (Lipinski definition) is 1.